The van der Waals surface area contributed by atoms with Crippen LogP contribution in [0.1, 0.15) is 13.8 Å². The molecule has 0 aliphatic carbocycles. The number of H-pyrrole nitrogens is 1. The molecule has 0 aromatic carbocycles. The summed E-state index contributed by atoms with van der Waals surface area (Å²) < 4.78 is 0. The van der Waals surface area contributed by atoms with Gasteiger partial charge in [-0.25, -0.2) is 9.78 Å². The fraction of sp³-hybridized carbons (Fsp3) is 0.500. The Kier molecular flexibility index (Phi) is 4.77. The van der Waals surface area contributed by atoms with Crippen molar-refractivity contribution < 1.29 is 9.59 Å². The van der Waals surface area contributed by atoms with Crippen LogP contribution >= 0.6 is 11.8 Å². The molecule has 8 heteroatoms. The molecule has 1 unspecified atom stereocenters. The van der Waals surface area contributed by atoms with E-state index in [1.807, 2.05) is 0 Å². The number of carbonyl (C=O) groups excluding carboxylic acids is 2. The second-order valence-corrected chi connectivity index (χ2v) is 4.23. The van der Waals surface area contributed by atoms with Crippen molar-refractivity contribution in [2.45, 2.75) is 24.3 Å². The van der Waals surface area contributed by atoms with Gasteiger partial charge in [-0.2, -0.15) is 5.10 Å². The van der Waals surface area contributed by atoms with Gasteiger partial charge in [0, 0.05) is 6.54 Å². The summed E-state index contributed by atoms with van der Waals surface area (Å²) in [5, 5.41) is 11.1. The van der Waals surface area contributed by atoms with Crippen LogP contribution in [0.15, 0.2) is 11.5 Å². The van der Waals surface area contributed by atoms with Gasteiger partial charge in [-0.15, -0.1) is 0 Å². The number of nitrogens with zero attached hydrogens (tertiary/aromatic N) is 2. The van der Waals surface area contributed by atoms with Crippen molar-refractivity contribution in [3.63, 3.8) is 0 Å². The molecule has 0 fully saturated rings. The van der Waals surface area contributed by atoms with Crippen molar-refractivity contribution >= 4 is 23.7 Å². The first kappa shape index (κ1) is 12.5. The third-order valence-electron chi connectivity index (χ3n) is 1.62. The van der Waals surface area contributed by atoms with Gasteiger partial charge in [0.25, 0.3) is 0 Å². The molecule has 3 amide bonds. The van der Waals surface area contributed by atoms with Gasteiger partial charge in [0.1, 0.15) is 6.33 Å². The monoisotopic (exact) mass is 243 g/mol. The first-order valence-electron chi connectivity index (χ1n) is 4.74. The molecular formula is C8H13N5O2S. The van der Waals surface area contributed by atoms with Crippen LogP contribution in [0, 0.1) is 0 Å². The van der Waals surface area contributed by atoms with Crippen molar-refractivity contribution in [2.24, 2.45) is 0 Å². The number of urea groups is 1. The number of thioether (sulfide) groups is 1. The number of hydrogen-bond donors (Lipinski definition) is 3. The molecule has 1 rings (SSSR count). The maximum Gasteiger partial charge on any atom is 0.321 e. The zero-order chi connectivity index (χ0) is 12.0. The minimum atomic E-state index is -0.488. The summed E-state index contributed by atoms with van der Waals surface area (Å²) in [6, 6.07) is -0.488. The van der Waals surface area contributed by atoms with E-state index < -0.39 is 11.3 Å². The molecule has 1 heterocycles. The third-order valence-corrected chi connectivity index (χ3v) is 2.61. The predicted molar refractivity (Wildman–Crippen MR) is 58.9 cm³/mol. The molecule has 0 radical (unpaired) electrons. The zero-order valence-corrected chi connectivity index (χ0v) is 9.80. The second-order valence-electron chi connectivity index (χ2n) is 2.90. The summed E-state index contributed by atoms with van der Waals surface area (Å²) >= 11 is 1.20. The highest BCUT2D eigenvalue weighted by molar-refractivity contribution is 8.00. The smallest absolute Gasteiger partial charge is 0.321 e. The predicted octanol–water partition coefficient (Wildman–Crippen LogP) is 0.131. The summed E-state index contributed by atoms with van der Waals surface area (Å²) in [5.74, 6) is -0.368. The molecule has 0 aliphatic rings. The number of carbonyl (C=O) groups is 2. The van der Waals surface area contributed by atoms with E-state index in [1.54, 1.807) is 13.8 Å². The van der Waals surface area contributed by atoms with Gasteiger partial charge in [0.2, 0.25) is 5.91 Å². The van der Waals surface area contributed by atoms with Crippen LogP contribution in [-0.4, -0.2) is 38.9 Å². The van der Waals surface area contributed by atoms with Crippen LogP contribution in [0.4, 0.5) is 4.79 Å². The first-order chi connectivity index (χ1) is 7.63. The van der Waals surface area contributed by atoms with Gasteiger partial charge in [-0.05, 0) is 13.8 Å². The molecule has 1 atom stereocenters. The van der Waals surface area contributed by atoms with E-state index >= 15 is 0 Å². The van der Waals surface area contributed by atoms with E-state index in [1.165, 1.54) is 18.1 Å². The van der Waals surface area contributed by atoms with Gasteiger partial charge < -0.3 is 5.32 Å². The fourth-order valence-electron chi connectivity index (χ4n) is 0.890. The summed E-state index contributed by atoms with van der Waals surface area (Å²) in [5.41, 5.74) is 0. The molecule has 3 N–H and O–H groups in total. The van der Waals surface area contributed by atoms with E-state index in [9.17, 15) is 9.59 Å². The molecule has 7 nitrogen and oxygen atoms in total. The average Bonchev–Trinajstić information content (AvgIpc) is 2.70. The number of nitrogens with one attached hydrogen (secondary N) is 3. The minimum Gasteiger partial charge on any atom is -0.338 e. The topological polar surface area (TPSA) is 99.8 Å². The lowest BCUT2D eigenvalue weighted by atomic mass is 10.4. The molecule has 16 heavy (non-hydrogen) atoms. The number of imide groups is 1. The van der Waals surface area contributed by atoms with Crippen LogP contribution in [0.2, 0.25) is 0 Å². The molecule has 0 saturated heterocycles. The normalized spacial score (nSPS) is 11.9. The van der Waals surface area contributed by atoms with Gasteiger partial charge in [0.05, 0.1) is 5.25 Å². The molecule has 1 aromatic heterocycles. The zero-order valence-electron chi connectivity index (χ0n) is 8.98. The van der Waals surface area contributed by atoms with Crippen LogP contribution in [0.3, 0.4) is 0 Å². The lowest BCUT2D eigenvalue weighted by Crippen LogP contribution is -2.42. The molecule has 0 saturated carbocycles. The highest BCUT2D eigenvalue weighted by atomic mass is 32.2. The average molecular weight is 243 g/mol. The number of amides is 3. The van der Waals surface area contributed by atoms with Crippen molar-refractivity contribution in [2.75, 3.05) is 6.54 Å². The Morgan fingerprint density at radius 2 is 2.38 bits per heavy atom. The van der Waals surface area contributed by atoms with Crippen molar-refractivity contribution in [3.05, 3.63) is 6.33 Å². The number of hydrogen-bond acceptors (Lipinski definition) is 5. The largest absolute Gasteiger partial charge is 0.338 e. The molecule has 0 bridgehead atoms. The van der Waals surface area contributed by atoms with Crippen molar-refractivity contribution in [1.82, 2.24) is 25.8 Å². The Balaban J connectivity index is 2.39. The van der Waals surface area contributed by atoms with Crippen LogP contribution in [0.5, 0.6) is 0 Å². The van der Waals surface area contributed by atoms with E-state index in [0.717, 1.165) is 0 Å². The Labute approximate surface area is 96.8 Å². The number of rotatable bonds is 4. The Hall–Kier alpha value is -1.57. The van der Waals surface area contributed by atoms with Gasteiger partial charge in [-0.3, -0.25) is 15.2 Å². The molecular weight excluding hydrogens is 230 g/mol. The quantitative estimate of drug-likeness (QED) is 0.653. The maximum atomic E-state index is 11.5. The third kappa shape index (κ3) is 3.89. The number of aromatic amines is 1. The summed E-state index contributed by atoms with van der Waals surface area (Å²) in [4.78, 5) is 26.4. The van der Waals surface area contributed by atoms with Crippen molar-refractivity contribution in [1.29, 1.82) is 0 Å². The van der Waals surface area contributed by atoms with Gasteiger partial charge in [0.15, 0.2) is 5.16 Å². The van der Waals surface area contributed by atoms with Crippen LogP contribution in [0.25, 0.3) is 0 Å². The van der Waals surface area contributed by atoms with Crippen LogP contribution < -0.4 is 10.6 Å². The Bertz CT molecular complexity index is 353. The summed E-state index contributed by atoms with van der Waals surface area (Å²) in [7, 11) is 0. The SMILES string of the molecule is CCNC(=O)NC(=O)C(C)Sc1ncn[nH]1. The Morgan fingerprint density at radius 3 is 2.94 bits per heavy atom. The van der Waals surface area contributed by atoms with Gasteiger partial charge in [-0.1, -0.05) is 11.8 Å². The highest BCUT2D eigenvalue weighted by Gasteiger charge is 2.17. The minimum absolute atomic E-state index is 0.368. The molecule has 0 spiro atoms. The van der Waals surface area contributed by atoms with Gasteiger partial charge >= 0.3 is 6.03 Å². The van der Waals surface area contributed by atoms with E-state index in [2.05, 4.69) is 25.8 Å². The fourth-order valence-corrected chi connectivity index (χ4v) is 1.60. The Morgan fingerprint density at radius 1 is 1.62 bits per heavy atom. The van der Waals surface area contributed by atoms with Crippen LogP contribution in [-0.2, 0) is 4.79 Å². The highest BCUT2D eigenvalue weighted by Crippen LogP contribution is 2.17. The summed E-state index contributed by atoms with van der Waals surface area (Å²) in [6.45, 7) is 3.93. The lowest BCUT2D eigenvalue weighted by molar-refractivity contribution is -0.119. The lowest BCUT2D eigenvalue weighted by Gasteiger charge is -2.09. The molecule has 0 aliphatic heterocycles. The van der Waals surface area contributed by atoms with E-state index in [-0.39, 0.29) is 5.91 Å². The molecule has 1 aromatic rings. The summed E-state index contributed by atoms with van der Waals surface area (Å²) in [6.07, 6.45) is 1.36. The first-order valence-corrected chi connectivity index (χ1v) is 5.62. The maximum absolute atomic E-state index is 11.5. The standard InChI is InChI=1S/C8H13N5O2S/c1-3-9-7(15)12-6(14)5(2)16-8-10-4-11-13-8/h4-5H,3H2,1-2H3,(H,10,11,13)(H2,9,12,14,15). The second kappa shape index (κ2) is 6.11. The number of aromatic nitrogens is 3. The van der Waals surface area contributed by atoms with Crippen molar-refractivity contribution in [3.8, 4) is 0 Å². The molecule has 88 valence electrons. The van der Waals surface area contributed by atoms with E-state index in [4.69, 9.17) is 0 Å². The van der Waals surface area contributed by atoms with E-state index in [0.29, 0.717) is 11.7 Å².